The predicted molar refractivity (Wildman–Crippen MR) is 80.5 cm³/mol. The lowest BCUT2D eigenvalue weighted by atomic mass is 9.69. The van der Waals surface area contributed by atoms with Crippen molar-refractivity contribution in [2.75, 3.05) is 6.61 Å². The molecule has 1 saturated carbocycles. The summed E-state index contributed by atoms with van der Waals surface area (Å²) in [5, 5.41) is 0. The first-order valence-electron chi connectivity index (χ1n) is 7.56. The maximum atomic E-state index is 6.62. The molecule has 0 amide bonds. The monoisotopic (exact) mass is 261 g/mol. The Labute approximate surface area is 117 Å². The first-order chi connectivity index (χ1) is 9.07. The Morgan fingerprint density at radius 2 is 1.95 bits per heavy atom. The minimum absolute atomic E-state index is 0.0780. The zero-order valence-corrected chi connectivity index (χ0v) is 12.5. The fraction of sp³-hybridized carbons (Fsp3) is 0.647. The predicted octanol–water partition coefficient (Wildman–Crippen LogP) is 4.36. The van der Waals surface area contributed by atoms with Gasteiger partial charge in [0.2, 0.25) is 0 Å². The average molecular weight is 261 g/mol. The minimum Gasteiger partial charge on any atom is -0.494 e. The van der Waals surface area contributed by atoms with Crippen LogP contribution in [0.1, 0.15) is 63.1 Å². The molecule has 1 aliphatic rings. The molecule has 1 fully saturated rings. The summed E-state index contributed by atoms with van der Waals surface area (Å²) in [6, 6.07) is 6.45. The molecule has 0 radical (unpaired) electrons. The molecule has 0 aromatic heterocycles. The van der Waals surface area contributed by atoms with Crippen LogP contribution >= 0.6 is 0 Å². The summed E-state index contributed by atoms with van der Waals surface area (Å²) in [6.45, 7) is 7.18. The highest BCUT2D eigenvalue weighted by Crippen LogP contribution is 2.46. The highest BCUT2D eigenvalue weighted by atomic mass is 16.5. The van der Waals surface area contributed by atoms with Gasteiger partial charge in [-0.05, 0) is 38.2 Å². The molecule has 1 aliphatic carbocycles. The van der Waals surface area contributed by atoms with E-state index in [4.69, 9.17) is 10.5 Å². The molecule has 1 aromatic rings. The third-order valence-corrected chi connectivity index (χ3v) is 4.55. The van der Waals surface area contributed by atoms with Crippen molar-refractivity contribution in [1.29, 1.82) is 0 Å². The Morgan fingerprint density at radius 3 is 2.58 bits per heavy atom. The van der Waals surface area contributed by atoms with E-state index in [1.807, 2.05) is 6.92 Å². The maximum absolute atomic E-state index is 6.62. The fourth-order valence-corrected chi connectivity index (χ4v) is 3.24. The number of hydrogen-bond donors (Lipinski definition) is 1. The standard InChI is InChI=1S/C17H27NO/c1-4-19-15-9-8-13(2)12-14(15)16(18)17(3)10-6-5-7-11-17/h8-9,12,16H,4-7,10-11,18H2,1-3H3. The molecule has 106 valence electrons. The van der Waals surface area contributed by atoms with Crippen molar-refractivity contribution in [3.05, 3.63) is 29.3 Å². The maximum Gasteiger partial charge on any atom is 0.124 e. The molecular formula is C17H27NO. The summed E-state index contributed by atoms with van der Waals surface area (Å²) in [4.78, 5) is 0. The number of rotatable bonds is 4. The molecule has 0 heterocycles. The van der Waals surface area contributed by atoms with E-state index in [0.717, 1.165) is 5.75 Å². The highest BCUT2D eigenvalue weighted by molar-refractivity contribution is 5.40. The van der Waals surface area contributed by atoms with Crippen molar-refractivity contribution in [2.24, 2.45) is 11.1 Å². The summed E-state index contributed by atoms with van der Waals surface area (Å²) in [5.41, 5.74) is 9.29. The Bertz CT molecular complexity index is 421. The van der Waals surface area contributed by atoms with Gasteiger partial charge in [0.05, 0.1) is 6.61 Å². The normalized spacial score (nSPS) is 20.0. The Hall–Kier alpha value is -1.02. The van der Waals surface area contributed by atoms with Crippen molar-refractivity contribution in [3.63, 3.8) is 0 Å². The van der Waals surface area contributed by atoms with E-state index in [-0.39, 0.29) is 11.5 Å². The molecule has 2 rings (SSSR count). The van der Waals surface area contributed by atoms with Crippen LogP contribution < -0.4 is 10.5 Å². The molecule has 0 bridgehead atoms. The number of ether oxygens (including phenoxy) is 1. The molecule has 2 N–H and O–H groups in total. The van der Waals surface area contributed by atoms with Gasteiger partial charge in [0, 0.05) is 11.6 Å². The summed E-state index contributed by atoms with van der Waals surface area (Å²) in [6.07, 6.45) is 6.43. The van der Waals surface area contributed by atoms with Crippen LogP contribution in [0.25, 0.3) is 0 Å². The van der Waals surface area contributed by atoms with Crippen LogP contribution in [-0.2, 0) is 0 Å². The minimum atomic E-state index is 0.0780. The van der Waals surface area contributed by atoms with Gasteiger partial charge in [-0.2, -0.15) is 0 Å². The van der Waals surface area contributed by atoms with E-state index in [0.29, 0.717) is 6.61 Å². The SMILES string of the molecule is CCOc1ccc(C)cc1C(N)C1(C)CCCCC1. The van der Waals surface area contributed by atoms with Crippen LogP contribution in [0.5, 0.6) is 5.75 Å². The van der Waals surface area contributed by atoms with Gasteiger partial charge < -0.3 is 10.5 Å². The number of benzene rings is 1. The summed E-state index contributed by atoms with van der Waals surface area (Å²) in [5.74, 6) is 0.965. The fourth-order valence-electron chi connectivity index (χ4n) is 3.24. The second-order valence-corrected chi connectivity index (χ2v) is 6.17. The van der Waals surface area contributed by atoms with Gasteiger partial charge in [0.15, 0.2) is 0 Å². The molecule has 1 unspecified atom stereocenters. The van der Waals surface area contributed by atoms with Crippen molar-refractivity contribution in [1.82, 2.24) is 0 Å². The van der Waals surface area contributed by atoms with E-state index in [1.54, 1.807) is 0 Å². The molecule has 2 heteroatoms. The summed E-state index contributed by atoms with van der Waals surface area (Å²) in [7, 11) is 0. The molecule has 0 spiro atoms. The lowest BCUT2D eigenvalue weighted by Gasteiger charge is -2.39. The first-order valence-corrected chi connectivity index (χ1v) is 7.56. The summed E-state index contributed by atoms with van der Waals surface area (Å²) >= 11 is 0. The van der Waals surface area contributed by atoms with Crippen LogP contribution in [0.3, 0.4) is 0 Å². The van der Waals surface area contributed by atoms with Crippen molar-refractivity contribution < 1.29 is 4.74 Å². The lowest BCUT2D eigenvalue weighted by molar-refractivity contribution is 0.167. The van der Waals surface area contributed by atoms with Gasteiger partial charge in [-0.25, -0.2) is 0 Å². The third-order valence-electron chi connectivity index (χ3n) is 4.55. The third kappa shape index (κ3) is 3.11. The topological polar surface area (TPSA) is 35.2 Å². The summed E-state index contributed by atoms with van der Waals surface area (Å²) < 4.78 is 5.77. The van der Waals surface area contributed by atoms with Crippen molar-refractivity contribution in [2.45, 2.75) is 58.9 Å². The zero-order chi connectivity index (χ0) is 13.9. The number of aryl methyl sites for hydroxylation is 1. The van der Waals surface area contributed by atoms with Gasteiger partial charge in [-0.1, -0.05) is 43.9 Å². The van der Waals surface area contributed by atoms with Gasteiger partial charge >= 0.3 is 0 Å². The van der Waals surface area contributed by atoms with Crippen molar-refractivity contribution >= 4 is 0 Å². The van der Waals surface area contributed by atoms with E-state index in [9.17, 15) is 0 Å². The van der Waals surface area contributed by atoms with E-state index < -0.39 is 0 Å². The molecule has 0 saturated heterocycles. The van der Waals surface area contributed by atoms with Crippen LogP contribution in [0.15, 0.2) is 18.2 Å². The van der Waals surface area contributed by atoms with Crippen LogP contribution in [0, 0.1) is 12.3 Å². The van der Waals surface area contributed by atoms with Gasteiger partial charge in [-0.3, -0.25) is 0 Å². The van der Waals surface area contributed by atoms with E-state index in [2.05, 4.69) is 32.0 Å². The van der Waals surface area contributed by atoms with Crippen LogP contribution in [0.2, 0.25) is 0 Å². The van der Waals surface area contributed by atoms with E-state index in [1.165, 1.54) is 43.2 Å². The van der Waals surface area contributed by atoms with Crippen LogP contribution in [0.4, 0.5) is 0 Å². The zero-order valence-electron chi connectivity index (χ0n) is 12.5. The second kappa shape index (κ2) is 5.96. The quantitative estimate of drug-likeness (QED) is 0.873. The molecule has 1 aromatic carbocycles. The highest BCUT2D eigenvalue weighted by Gasteiger charge is 2.35. The number of nitrogens with two attached hydrogens (primary N) is 1. The Morgan fingerprint density at radius 1 is 1.26 bits per heavy atom. The molecule has 0 aliphatic heterocycles. The molecular weight excluding hydrogens is 234 g/mol. The molecule has 2 nitrogen and oxygen atoms in total. The Balaban J connectivity index is 2.30. The molecule has 1 atom stereocenters. The van der Waals surface area contributed by atoms with Gasteiger partial charge in [0.1, 0.15) is 5.75 Å². The first kappa shape index (κ1) is 14.4. The smallest absolute Gasteiger partial charge is 0.124 e. The van der Waals surface area contributed by atoms with E-state index >= 15 is 0 Å². The average Bonchev–Trinajstić information content (AvgIpc) is 2.41. The largest absolute Gasteiger partial charge is 0.494 e. The van der Waals surface area contributed by atoms with Crippen LogP contribution in [-0.4, -0.2) is 6.61 Å². The van der Waals surface area contributed by atoms with Gasteiger partial charge in [0.25, 0.3) is 0 Å². The van der Waals surface area contributed by atoms with Gasteiger partial charge in [-0.15, -0.1) is 0 Å². The Kier molecular flexibility index (Phi) is 4.51. The number of hydrogen-bond acceptors (Lipinski definition) is 2. The molecule has 19 heavy (non-hydrogen) atoms. The van der Waals surface area contributed by atoms with Crippen molar-refractivity contribution in [3.8, 4) is 5.75 Å². The second-order valence-electron chi connectivity index (χ2n) is 6.17. The lowest BCUT2D eigenvalue weighted by Crippen LogP contribution is -2.34.